The normalized spacial score (nSPS) is 14.7. The average Bonchev–Trinajstić information content (AvgIpc) is 2.48. The summed E-state index contributed by atoms with van der Waals surface area (Å²) in [5, 5.41) is 28.4. The highest BCUT2D eigenvalue weighted by molar-refractivity contribution is 5.77. The van der Waals surface area contributed by atoms with Crippen LogP contribution in [0.5, 0.6) is 0 Å². The van der Waals surface area contributed by atoms with E-state index in [-0.39, 0.29) is 31.3 Å². The Morgan fingerprint density at radius 1 is 0.760 bits per heavy atom. The molecule has 3 N–H and O–H groups in total. The molecule has 0 aromatic rings. The Hall–Kier alpha value is -1.18. The number of aliphatic hydroxyl groups is 3. The van der Waals surface area contributed by atoms with E-state index in [1.165, 1.54) is 4.90 Å². The highest BCUT2D eigenvalue weighted by atomic mass is 16.3. The molecule has 0 fully saturated rings. The van der Waals surface area contributed by atoms with Crippen LogP contribution >= 0.6 is 0 Å². The summed E-state index contributed by atoms with van der Waals surface area (Å²) < 4.78 is 0. The summed E-state index contributed by atoms with van der Waals surface area (Å²) in [4.78, 5) is 27.5. The number of aliphatic hydroxyl groups excluding tert-OH is 3. The molecular weight excluding hydrogens is 324 g/mol. The van der Waals surface area contributed by atoms with E-state index in [4.69, 9.17) is 0 Å². The van der Waals surface area contributed by atoms with Crippen LogP contribution in [0, 0.1) is 0 Å². The third kappa shape index (κ3) is 11.9. The predicted molar refractivity (Wildman–Crippen MR) is 97.0 cm³/mol. The van der Waals surface area contributed by atoms with E-state index in [0.29, 0.717) is 32.4 Å². The van der Waals surface area contributed by atoms with Crippen molar-refractivity contribution >= 4 is 11.8 Å². The zero-order valence-electron chi connectivity index (χ0n) is 16.1. The number of hydrogen-bond acceptors (Lipinski definition) is 5. The third-order valence-corrected chi connectivity index (χ3v) is 3.68. The molecule has 3 atom stereocenters. The highest BCUT2D eigenvalue weighted by Crippen LogP contribution is 2.08. The zero-order valence-corrected chi connectivity index (χ0v) is 16.1. The molecule has 0 aromatic heterocycles. The van der Waals surface area contributed by atoms with Crippen molar-refractivity contribution in [3.8, 4) is 0 Å². The van der Waals surface area contributed by atoms with Gasteiger partial charge in [0.15, 0.2) is 0 Å². The molecule has 25 heavy (non-hydrogen) atoms. The van der Waals surface area contributed by atoms with Crippen molar-refractivity contribution < 1.29 is 24.9 Å². The molecule has 3 unspecified atom stereocenters. The summed E-state index contributed by atoms with van der Waals surface area (Å²) in [6.07, 6.45) is 0.817. The minimum atomic E-state index is -0.646. The predicted octanol–water partition coefficient (Wildman–Crippen LogP) is 0.756. The first-order chi connectivity index (χ1) is 11.7. The maximum absolute atomic E-state index is 12.2. The van der Waals surface area contributed by atoms with E-state index in [0.717, 1.165) is 6.42 Å². The number of hydrogen-bond donors (Lipinski definition) is 3. The number of rotatable bonds is 13. The Morgan fingerprint density at radius 2 is 1.12 bits per heavy atom. The molecule has 148 valence electrons. The largest absolute Gasteiger partial charge is 0.392 e. The second kappa shape index (κ2) is 13.1. The molecule has 0 aliphatic rings. The Labute approximate surface area is 151 Å². The van der Waals surface area contributed by atoms with Gasteiger partial charge >= 0.3 is 0 Å². The summed E-state index contributed by atoms with van der Waals surface area (Å²) in [5.74, 6) is -0.122. The molecule has 7 heteroatoms. The van der Waals surface area contributed by atoms with Crippen LogP contribution < -0.4 is 0 Å². The van der Waals surface area contributed by atoms with Crippen LogP contribution in [-0.2, 0) is 9.59 Å². The third-order valence-electron chi connectivity index (χ3n) is 3.68. The van der Waals surface area contributed by atoms with Crippen LogP contribution in [0.4, 0.5) is 0 Å². The van der Waals surface area contributed by atoms with E-state index in [1.807, 2.05) is 6.92 Å². The van der Waals surface area contributed by atoms with E-state index in [2.05, 4.69) is 0 Å². The van der Waals surface area contributed by atoms with Gasteiger partial charge in [-0.15, -0.1) is 0 Å². The Morgan fingerprint density at radius 3 is 1.48 bits per heavy atom. The van der Waals surface area contributed by atoms with Crippen molar-refractivity contribution in [2.75, 3.05) is 26.2 Å². The lowest BCUT2D eigenvalue weighted by Gasteiger charge is -2.25. The van der Waals surface area contributed by atoms with Gasteiger partial charge in [-0.05, 0) is 40.0 Å². The van der Waals surface area contributed by atoms with Crippen LogP contribution in [0.1, 0.15) is 59.8 Å². The maximum atomic E-state index is 12.2. The fourth-order valence-corrected chi connectivity index (χ4v) is 2.69. The molecule has 2 amide bonds. The van der Waals surface area contributed by atoms with Crippen molar-refractivity contribution in [1.82, 2.24) is 9.80 Å². The number of unbranched alkanes of at least 4 members (excludes halogenated alkanes) is 1. The maximum Gasteiger partial charge on any atom is 0.222 e. The summed E-state index contributed by atoms with van der Waals surface area (Å²) >= 11 is 0. The Kier molecular flexibility index (Phi) is 12.5. The first-order valence-electron chi connectivity index (χ1n) is 9.27. The van der Waals surface area contributed by atoms with E-state index < -0.39 is 18.3 Å². The minimum absolute atomic E-state index is 0.0000147. The van der Waals surface area contributed by atoms with Gasteiger partial charge in [-0.1, -0.05) is 6.92 Å². The molecule has 0 heterocycles. The minimum Gasteiger partial charge on any atom is -0.392 e. The number of amides is 2. The van der Waals surface area contributed by atoms with Gasteiger partial charge in [0.25, 0.3) is 0 Å². The molecule has 0 radical (unpaired) electrons. The Bertz CT molecular complexity index is 376. The fourth-order valence-electron chi connectivity index (χ4n) is 2.69. The lowest BCUT2D eigenvalue weighted by molar-refractivity contribution is -0.135. The molecule has 0 aliphatic heterocycles. The van der Waals surface area contributed by atoms with Gasteiger partial charge in [0.1, 0.15) is 0 Å². The molecule has 0 spiro atoms. The van der Waals surface area contributed by atoms with Crippen LogP contribution in [0.25, 0.3) is 0 Å². The van der Waals surface area contributed by atoms with Gasteiger partial charge in [0.05, 0.1) is 18.3 Å². The molecule has 0 aromatic carbocycles. The van der Waals surface area contributed by atoms with Gasteiger partial charge in [-0.2, -0.15) is 0 Å². The van der Waals surface area contributed by atoms with Crippen molar-refractivity contribution in [1.29, 1.82) is 0 Å². The zero-order chi connectivity index (χ0) is 19.4. The van der Waals surface area contributed by atoms with E-state index in [1.54, 1.807) is 25.7 Å². The van der Waals surface area contributed by atoms with Crippen LogP contribution in [0.2, 0.25) is 0 Å². The molecule has 0 aliphatic carbocycles. The van der Waals surface area contributed by atoms with Crippen LogP contribution in [0.15, 0.2) is 0 Å². The number of nitrogens with zero attached hydrogens (tertiary/aromatic N) is 2. The van der Waals surface area contributed by atoms with Crippen molar-refractivity contribution in [3.63, 3.8) is 0 Å². The van der Waals surface area contributed by atoms with Crippen molar-refractivity contribution in [3.05, 3.63) is 0 Å². The summed E-state index contributed by atoms with van der Waals surface area (Å²) in [5.41, 5.74) is 0. The quantitative estimate of drug-likeness (QED) is 0.421. The fraction of sp³-hybridized carbons (Fsp3) is 0.889. The Balaban J connectivity index is 4.29. The molecule has 7 nitrogen and oxygen atoms in total. The van der Waals surface area contributed by atoms with Gasteiger partial charge in [0.2, 0.25) is 11.8 Å². The molecule has 0 bridgehead atoms. The first kappa shape index (κ1) is 23.8. The highest BCUT2D eigenvalue weighted by Gasteiger charge is 2.18. The van der Waals surface area contributed by atoms with Gasteiger partial charge in [0, 0.05) is 39.0 Å². The number of carbonyl (C=O) groups is 2. The first-order valence-corrected chi connectivity index (χ1v) is 9.27. The molecular formula is C18H36N2O5. The average molecular weight is 360 g/mol. The lowest BCUT2D eigenvalue weighted by atomic mass is 10.1. The summed E-state index contributed by atoms with van der Waals surface area (Å²) in [7, 11) is 0. The molecule has 0 rings (SSSR count). The molecule has 0 saturated heterocycles. The second-order valence-electron chi connectivity index (χ2n) is 6.89. The van der Waals surface area contributed by atoms with Crippen LogP contribution in [0.3, 0.4) is 0 Å². The summed E-state index contributed by atoms with van der Waals surface area (Å²) in [6.45, 7) is 8.20. The topological polar surface area (TPSA) is 101 Å². The SMILES string of the molecule is CCCN(CC(C)O)C(=O)CCCCC(=O)N(CC(C)O)CC(C)O. The second-order valence-corrected chi connectivity index (χ2v) is 6.89. The van der Waals surface area contributed by atoms with Crippen molar-refractivity contribution in [2.45, 2.75) is 78.1 Å². The van der Waals surface area contributed by atoms with E-state index >= 15 is 0 Å². The van der Waals surface area contributed by atoms with E-state index in [9.17, 15) is 24.9 Å². The standard InChI is InChI=1S/C18H36N2O5/c1-5-10-19(11-14(2)21)17(24)8-6-7-9-18(25)20(12-15(3)22)13-16(4)23/h14-16,21-23H,5-13H2,1-4H3. The van der Waals surface area contributed by atoms with Gasteiger partial charge < -0.3 is 25.1 Å². The monoisotopic (exact) mass is 360 g/mol. The van der Waals surface area contributed by atoms with Gasteiger partial charge in [-0.25, -0.2) is 0 Å². The smallest absolute Gasteiger partial charge is 0.222 e. The number of carbonyl (C=O) groups excluding carboxylic acids is 2. The van der Waals surface area contributed by atoms with Crippen molar-refractivity contribution in [2.24, 2.45) is 0 Å². The van der Waals surface area contributed by atoms with Gasteiger partial charge in [-0.3, -0.25) is 9.59 Å². The molecule has 0 saturated carbocycles. The summed E-state index contributed by atoms with van der Waals surface area (Å²) in [6, 6.07) is 0. The van der Waals surface area contributed by atoms with Crippen LogP contribution in [-0.4, -0.2) is 81.4 Å². The lowest BCUT2D eigenvalue weighted by Crippen LogP contribution is -2.40.